The Morgan fingerprint density at radius 2 is 2.09 bits per heavy atom. The number of halogens is 1. The van der Waals surface area contributed by atoms with Crippen molar-refractivity contribution in [2.75, 3.05) is 7.11 Å². The van der Waals surface area contributed by atoms with Gasteiger partial charge >= 0.3 is 10.2 Å². The van der Waals surface area contributed by atoms with E-state index in [0.29, 0.717) is 12.8 Å². The van der Waals surface area contributed by atoms with Crippen LogP contribution in [-0.4, -0.2) is 26.9 Å². The van der Waals surface area contributed by atoms with Gasteiger partial charge in [-0.15, -0.1) is 3.89 Å². The molecule has 0 saturated heterocycles. The van der Waals surface area contributed by atoms with E-state index < -0.39 is 21.6 Å². The van der Waals surface area contributed by atoms with Crippen molar-refractivity contribution >= 4 is 10.2 Å². The van der Waals surface area contributed by atoms with Gasteiger partial charge in [-0.2, -0.15) is 8.42 Å². The molecule has 1 aliphatic rings. The van der Waals surface area contributed by atoms with Gasteiger partial charge in [0.05, 0.1) is 6.10 Å². The Labute approximate surface area is 65.8 Å². The van der Waals surface area contributed by atoms with Crippen molar-refractivity contribution in [2.45, 2.75) is 30.6 Å². The second kappa shape index (κ2) is 3.06. The number of hydrogen-bond donors (Lipinski definition) is 0. The van der Waals surface area contributed by atoms with Crippen LogP contribution in [0, 0.1) is 0 Å². The smallest absolute Gasteiger partial charge is 0.307 e. The summed E-state index contributed by atoms with van der Waals surface area (Å²) in [7, 11) is -2.98. The largest absolute Gasteiger partial charge is 0.380 e. The van der Waals surface area contributed by atoms with E-state index in [9.17, 15) is 12.3 Å². The highest BCUT2D eigenvalue weighted by Crippen LogP contribution is 2.28. The van der Waals surface area contributed by atoms with Crippen molar-refractivity contribution in [3.63, 3.8) is 0 Å². The lowest BCUT2D eigenvalue weighted by Gasteiger charge is -2.12. The third kappa shape index (κ3) is 1.90. The first-order valence-corrected chi connectivity index (χ1v) is 4.96. The van der Waals surface area contributed by atoms with Gasteiger partial charge in [-0.1, -0.05) is 0 Å². The van der Waals surface area contributed by atoms with E-state index in [1.54, 1.807) is 0 Å². The molecule has 2 unspecified atom stereocenters. The Balaban J connectivity index is 2.72. The summed E-state index contributed by atoms with van der Waals surface area (Å²) in [6.07, 6.45) is 1.32. The highest BCUT2D eigenvalue weighted by molar-refractivity contribution is 7.87. The molecule has 3 nitrogen and oxygen atoms in total. The SMILES string of the molecule is COC1CCCC1S(=O)(=O)F. The van der Waals surface area contributed by atoms with E-state index in [1.165, 1.54) is 7.11 Å². The molecule has 5 heteroatoms. The quantitative estimate of drug-likeness (QED) is 0.595. The van der Waals surface area contributed by atoms with E-state index in [-0.39, 0.29) is 0 Å². The van der Waals surface area contributed by atoms with Gasteiger partial charge in [0.2, 0.25) is 0 Å². The van der Waals surface area contributed by atoms with E-state index >= 15 is 0 Å². The molecule has 0 amide bonds. The first kappa shape index (κ1) is 8.93. The second-order valence-corrected chi connectivity index (χ2v) is 4.28. The zero-order valence-corrected chi connectivity index (χ0v) is 7.10. The van der Waals surface area contributed by atoms with E-state index in [4.69, 9.17) is 4.74 Å². The molecule has 0 bridgehead atoms. The Bertz CT molecular complexity index is 224. The fraction of sp³-hybridized carbons (Fsp3) is 1.00. The fourth-order valence-electron chi connectivity index (χ4n) is 1.48. The van der Waals surface area contributed by atoms with Crippen molar-refractivity contribution in [3.05, 3.63) is 0 Å². The van der Waals surface area contributed by atoms with Crippen molar-refractivity contribution < 1.29 is 17.0 Å². The predicted octanol–water partition coefficient (Wildman–Crippen LogP) is 0.853. The molecule has 0 N–H and O–H groups in total. The normalized spacial score (nSPS) is 32.5. The Morgan fingerprint density at radius 3 is 2.45 bits per heavy atom. The Hall–Kier alpha value is -0.160. The zero-order valence-electron chi connectivity index (χ0n) is 6.29. The molecule has 1 fully saturated rings. The topological polar surface area (TPSA) is 43.4 Å². The van der Waals surface area contributed by atoms with Crippen LogP contribution in [-0.2, 0) is 15.0 Å². The summed E-state index contributed by atoms with van der Waals surface area (Å²) in [6, 6.07) is 0. The highest BCUT2D eigenvalue weighted by Gasteiger charge is 2.37. The molecule has 0 spiro atoms. The van der Waals surface area contributed by atoms with Crippen molar-refractivity contribution in [3.8, 4) is 0 Å². The summed E-state index contributed by atoms with van der Waals surface area (Å²) in [5, 5.41) is -0.924. The lowest BCUT2D eigenvalue weighted by atomic mass is 10.3. The van der Waals surface area contributed by atoms with Gasteiger partial charge < -0.3 is 4.74 Å². The maximum atomic E-state index is 12.4. The van der Waals surface area contributed by atoms with Gasteiger partial charge in [0.15, 0.2) is 0 Å². The molecule has 0 radical (unpaired) electrons. The molecule has 1 saturated carbocycles. The lowest BCUT2D eigenvalue weighted by molar-refractivity contribution is 0.110. The predicted molar refractivity (Wildman–Crippen MR) is 38.5 cm³/mol. The van der Waals surface area contributed by atoms with Crippen LogP contribution in [0.25, 0.3) is 0 Å². The minimum atomic E-state index is -4.39. The monoisotopic (exact) mass is 182 g/mol. The van der Waals surface area contributed by atoms with Crippen LogP contribution in [0.15, 0.2) is 0 Å². The molecule has 66 valence electrons. The zero-order chi connectivity index (χ0) is 8.48. The standard InChI is InChI=1S/C6H11FO3S/c1-10-5-3-2-4-6(5)11(7,8)9/h5-6H,2-4H2,1H3. The number of rotatable bonds is 2. The fourth-order valence-corrected chi connectivity index (χ4v) is 2.54. The molecule has 2 atom stereocenters. The van der Waals surface area contributed by atoms with E-state index in [0.717, 1.165) is 6.42 Å². The molecule has 0 heterocycles. The van der Waals surface area contributed by atoms with Crippen LogP contribution in [0.4, 0.5) is 3.89 Å². The molecule has 0 aliphatic heterocycles. The summed E-state index contributed by atoms with van der Waals surface area (Å²) >= 11 is 0. The maximum absolute atomic E-state index is 12.4. The molecular formula is C6H11FO3S. The van der Waals surface area contributed by atoms with Gasteiger partial charge in [0.1, 0.15) is 5.25 Å². The van der Waals surface area contributed by atoms with Crippen LogP contribution in [0.2, 0.25) is 0 Å². The molecular weight excluding hydrogens is 171 g/mol. The van der Waals surface area contributed by atoms with Crippen molar-refractivity contribution in [1.82, 2.24) is 0 Å². The lowest BCUT2D eigenvalue weighted by Crippen LogP contribution is -2.27. The van der Waals surface area contributed by atoms with Gasteiger partial charge in [-0.05, 0) is 19.3 Å². The second-order valence-electron chi connectivity index (χ2n) is 2.72. The average molecular weight is 182 g/mol. The minimum Gasteiger partial charge on any atom is -0.380 e. The van der Waals surface area contributed by atoms with Crippen LogP contribution in [0.1, 0.15) is 19.3 Å². The van der Waals surface area contributed by atoms with Crippen molar-refractivity contribution in [2.24, 2.45) is 0 Å². The van der Waals surface area contributed by atoms with Crippen LogP contribution in [0.5, 0.6) is 0 Å². The van der Waals surface area contributed by atoms with E-state index in [2.05, 4.69) is 0 Å². The molecule has 0 aromatic heterocycles. The van der Waals surface area contributed by atoms with Crippen LogP contribution >= 0.6 is 0 Å². The van der Waals surface area contributed by atoms with Crippen LogP contribution in [0.3, 0.4) is 0 Å². The number of hydrogen-bond acceptors (Lipinski definition) is 3. The third-order valence-electron chi connectivity index (χ3n) is 2.06. The summed E-state index contributed by atoms with van der Waals surface area (Å²) in [5.41, 5.74) is 0. The first-order chi connectivity index (χ1) is 5.05. The molecule has 1 aliphatic carbocycles. The summed E-state index contributed by atoms with van der Waals surface area (Å²) in [4.78, 5) is 0. The van der Waals surface area contributed by atoms with Crippen molar-refractivity contribution in [1.29, 1.82) is 0 Å². The number of ether oxygens (including phenoxy) is 1. The molecule has 0 aromatic rings. The van der Waals surface area contributed by atoms with Gasteiger partial charge in [0, 0.05) is 7.11 Å². The Morgan fingerprint density at radius 1 is 1.45 bits per heavy atom. The summed E-state index contributed by atoms with van der Waals surface area (Å²) in [6.45, 7) is 0. The maximum Gasteiger partial charge on any atom is 0.307 e. The Kier molecular flexibility index (Phi) is 2.49. The highest BCUT2D eigenvalue weighted by atomic mass is 32.3. The minimum absolute atomic E-state index is 0.386. The van der Waals surface area contributed by atoms with Crippen LogP contribution < -0.4 is 0 Å². The van der Waals surface area contributed by atoms with Gasteiger partial charge in [0.25, 0.3) is 0 Å². The summed E-state index contributed by atoms with van der Waals surface area (Å²) < 4.78 is 38.2. The van der Waals surface area contributed by atoms with E-state index in [1.807, 2.05) is 0 Å². The van der Waals surface area contributed by atoms with Gasteiger partial charge in [-0.3, -0.25) is 0 Å². The summed E-state index contributed by atoms with van der Waals surface area (Å²) in [5.74, 6) is 0. The number of methoxy groups -OCH3 is 1. The van der Waals surface area contributed by atoms with Gasteiger partial charge in [-0.25, -0.2) is 0 Å². The first-order valence-electron chi connectivity index (χ1n) is 3.52. The third-order valence-corrected chi connectivity index (χ3v) is 3.32. The average Bonchev–Trinajstić information content (AvgIpc) is 2.31. The molecule has 11 heavy (non-hydrogen) atoms. The molecule has 0 aromatic carbocycles. The molecule has 1 rings (SSSR count).